The molecular weight excluding hydrogens is 355 g/mol. The smallest absolute Gasteiger partial charge is 0.148 e. The van der Waals surface area contributed by atoms with E-state index in [1.165, 1.54) is 6.07 Å². The molecule has 0 amide bonds. The first-order valence-corrected chi connectivity index (χ1v) is 8.68. The molecule has 1 aromatic carbocycles. The Kier molecular flexibility index (Phi) is 4.69. The highest BCUT2D eigenvalue weighted by Crippen LogP contribution is 2.51. The van der Waals surface area contributed by atoms with Crippen LogP contribution in [0.1, 0.15) is 39.2 Å². The van der Waals surface area contributed by atoms with Gasteiger partial charge in [0, 0.05) is 16.8 Å². The van der Waals surface area contributed by atoms with Crippen LogP contribution in [-0.2, 0) is 16.8 Å². The van der Waals surface area contributed by atoms with Crippen molar-refractivity contribution in [1.82, 2.24) is 4.72 Å². The number of hydrogen-bond acceptors (Lipinski definition) is 3. The van der Waals surface area contributed by atoms with Crippen LogP contribution in [0.4, 0.5) is 4.39 Å². The summed E-state index contributed by atoms with van der Waals surface area (Å²) in [5.41, 5.74) is 0.352. The quantitative estimate of drug-likeness (QED) is 0.821. The summed E-state index contributed by atoms with van der Waals surface area (Å²) in [5, 5.41) is 9.45. The molecule has 1 unspecified atom stereocenters. The Morgan fingerprint density at radius 3 is 2.52 bits per heavy atom. The Labute approximate surface area is 136 Å². The third-order valence-electron chi connectivity index (χ3n) is 3.75. The van der Waals surface area contributed by atoms with Gasteiger partial charge in [0.05, 0.1) is 10.5 Å². The van der Waals surface area contributed by atoms with Crippen molar-refractivity contribution < 1.29 is 8.94 Å². The molecule has 21 heavy (non-hydrogen) atoms. The van der Waals surface area contributed by atoms with Crippen molar-refractivity contribution in [3.8, 4) is 6.07 Å². The molecule has 2 atom stereocenters. The highest BCUT2D eigenvalue weighted by molar-refractivity contribution is 9.10. The van der Waals surface area contributed by atoms with Crippen LogP contribution in [0.3, 0.4) is 0 Å². The third kappa shape index (κ3) is 3.42. The molecule has 114 valence electrons. The molecule has 1 fully saturated rings. The Morgan fingerprint density at radius 1 is 1.48 bits per heavy atom. The van der Waals surface area contributed by atoms with Gasteiger partial charge in [-0.3, -0.25) is 0 Å². The molecule has 0 spiro atoms. The lowest BCUT2D eigenvalue weighted by molar-refractivity contribution is 0.505. The second kappa shape index (κ2) is 5.88. The molecule has 0 aromatic heterocycles. The number of nitriles is 1. The number of nitrogens with one attached hydrogen (secondary N) is 1. The maximum Gasteiger partial charge on any atom is 0.148 e. The van der Waals surface area contributed by atoms with E-state index in [4.69, 9.17) is 0 Å². The molecular formula is C15H18BrFN2OS. The van der Waals surface area contributed by atoms with Crippen molar-refractivity contribution in [1.29, 1.82) is 5.26 Å². The summed E-state index contributed by atoms with van der Waals surface area (Å²) in [5.74, 6) is -0.340. The zero-order chi connectivity index (χ0) is 15.8. The fraction of sp³-hybridized carbons (Fsp3) is 0.533. The maximum absolute atomic E-state index is 13.7. The minimum Gasteiger partial charge on any atom is -0.598 e. The lowest BCUT2D eigenvalue weighted by Crippen LogP contribution is -2.48. The summed E-state index contributed by atoms with van der Waals surface area (Å²) in [6.45, 7) is 5.55. The molecule has 1 aliphatic carbocycles. The zero-order valence-corrected chi connectivity index (χ0v) is 14.6. The van der Waals surface area contributed by atoms with Gasteiger partial charge in [-0.15, -0.1) is 4.72 Å². The monoisotopic (exact) mass is 372 g/mol. The number of rotatable bonds is 4. The minimum absolute atomic E-state index is 0.340. The molecule has 3 nitrogen and oxygen atoms in total. The van der Waals surface area contributed by atoms with E-state index in [1.807, 2.05) is 26.8 Å². The van der Waals surface area contributed by atoms with Crippen LogP contribution in [0.5, 0.6) is 0 Å². The Bertz CT molecular complexity index is 578. The second-order valence-electron chi connectivity index (χ2n) is 6.35. The Balaban J connectivity index is 2.25. The van der Waals surface area contributed by atoms with Gasteiger partial charge in [-0.05, 0) is 67.2 Å². The van der Waals surface area contributed by atoms with Crippen LogP contribution < -0.4 is 4.72 Å². The van der Waals surface area contributed by atoms with Crippen LogP contribution in [0, 0.1) is 17.1 Å². The summed E-state index contributed by atoms with van der Waals surface area (Å²) < 4.78 is 28.8. The number of hydrogen-bond donors (Lipinski definition) is 1. The average molecular weight is 373 g/mol. The first-order chi connectivity index (χ1) is 9.70. The predicted molar refractivity (Wildman–Crippen MR) is 85.4 cm³/mol. The lowest BCUT2D eigenvalue weighted by Gasteiger charge is -2.29. The van der Waals surface area contributed by atoms with Crippen LogP contribution in [0.2, 0.25) is 0 Å². The van der Waals surface area contributed by atoms with Gasteiger partial charge < -0.3 is 4.55 Å². The van der Waals surface area contributed by atoms with Gasteiger partial charge in [0.25, 0.3) is 0 Å². The second-order valence-corrected chi connectivity index (χ2v) is 9.20. The first kappa shape index (κ1) is 16.8. The number of benzene rings is 1. The van der Waals surface area contributed by atoms with Crippen molar-refractivity contribution in [2.24, 2.45) is 0 Å². The largest absolute Gasteiger partial charge is 0.598 e. The predicted octanol–water partition coefficient (Wildman–Crippen LogP) is 3.56. The minimum atomic E-state index is -1.33. The molecule has 1 aromatic rings. The maximum atomic E-state index is 13.7. The van der Waals surface area contributed by atoms with E-state index in [0.29, 0.717) is 4.47 Å². The molecule has 1 aliphatic rings. The molecule has 0 radical (unpaired) electrons. The van der Waals surface area contributed by atoms with Crippen LogP contribution in [0.25, 0.3) is 0 Å². The van der Waals surface area contributed by atoms with E-state index in [0.717, 1.165) is 18.4 Å². The first-order valence-electron chi connectivity index (χ1n) is 6.74. The SMILES string of the molecule is CC(C)(C)[S+]([O-])N[C@@H](C#N)C1(c2ccc(Br)c(F)c2)CC1. The number of nitrogens with zero attached hydrogens (tertiary/aromatic N) is 1. The number of halogens is 2. The summed E-state index contributed by atoms with van der Waals surface area (Å²) >= 11 is 1.80. The van der Waals surface area contributed by atoms with E-state index in [2.05, 4.69) is 26.7 Å². The molecule has 0 aliphatic heterocycles. The Hall–Kier alpha value is -0.610. The van der Waals surface area contributed by atoms with Crippen LogP contribution in [0.15, 0.2) is 22.7 Å². The van der Waals surface area contributed by atoms with Crippen molar-refractivity contribution in [3.05, 3.63) is 34.1 Å². The van der Waals surface area contributed by atoms with Gasteiger partial charge in [0.1, 0.15) is 16.6 Å². The van der Waals surface area contributed by atoms with Crippen molar-refractivity contribution in [2.45, 2.75) is 49.8 Å². The molecule has 0 heterocycles. The topological polar surface area (TPSA) is 58.9 Å². The van der Waals surface area contributed by atoms with Gasteiger partial charge in [-0.1, -0.05) is 6.07 Å². The standard InChI is InChI=1S/C15H18BrFN2OS/c1-14(2,3)21(20)19-13(9-18)15(6-7-15)10-4-5-11(16)12(17)8-10/h4-5,8,13,19H,6-7H2,1-3H3/t13-,21?/m0/s1. The van der Waals surface area contributed by atoms with Crippen LogP contribution in [-0.4, -0.2) is 15.3 Å². The van der Waals surface area contributed by atoms with E-state index in [9.17, 15) is 14.2 Å². The van der Waals surface area contributed by atoms with Gasteiger partial charge in [0.2, 0.25) is 0 Å². The fourth-order valence-corrected chi connectivity index (χ4v) is 3.32. The molecule has 0 bridgehead atoms. The summed E-state index contributed by atoms with van der Waals surface area (Å²) in [4.78, 5) is 0. The van der Waals surface area contributed by atoms with Gasteiger partial charge in [-0.25, -0.2) is 4.39 Å². The lowest BCUT2D eigenvalue weighted by atomic mass is 9.89. The summed E-state index contributed by atoms with van der Waals surface area (Å²) in [7, 11) is 0. The highest BCUT2D eigenvalue weighted by atomic mass is 79.9. The Morgan fingerprint density at radius 2 is 2.10 bits per heavy atom. The molecule has 6 heteroatoms. The van der Waals surface area contributed by atoms with E-state index in [1.54, 1.807) is 6.07 Å². The van der Waals surface area contributed by atoms with Crippen molar-refractivity contribution in [2.75, 3.05) is 0 Å². The van der Waals surface area contributed by atoms with E-state index in [-0.39, 0.29) is 5.82 Å². The van der Waals surface area contributed by atoms with Crippen LogP contribution >= 0.6 is 15.9 Å². The molecule has 2 rings (SSSR count). The van der Waals surface area contributed by atoms with Gasteiger partial charge in [-0.2, -0.15) is 5.26 Å². The molecule has 1 saturated carbocycles. The normalized spacial score (nSPS) is 19.7. The van der Waals surface area contributed by atoms with Gasteiger partial charge >= 0.3 is 0 Å². The van der Waals surface area contributed by atoms with E-state index >= 15 is 0 Å². The van der Waals surface area contributed by atoms with Crippen molar-refractivity contribution in [3.63, 3.8) is 0 Å². The average Bonchev–Trinajstić information content (AvgIpc) is 3.19. The van der Waals surface area contributed by atoms with Gasteiger partial charge in [0.15, 0.2) is 0 Å². The third-order valence-corrected chi connectivity index (χ3v) is 5.95. The zero-order valence-electron chi connectivity index (χ0n) is 12.2. The van der Waals surface area contributed by atoms with E-state index < -0.39 is 27.6 Å². The summed E-state index contributed by atoms with van der Waals surface area (Å²) in [6, 6.07) is 6.56. The fourth-order valence-electron chi connectivity index (χ4n) is 2.23. The summed E-state index contributed by atoms with van der Waals surface area (Å²) in [6.07, 6.45) is 1.58. The highest BCUT2D eigenvalue weighted by Gasteiger charge is 2.53. The molecule has 0 saturated heterocycles. The molecule has 1 N–H and O–H groups in total. The van der Waals surface area contributed by atoms with Crippen molar-refractivity contribution >= 4 is 27.3 Å².